The summed E-state index contributed by atoms with van der Waals surface area (Å²) in [6.45, 7) is 11.1. The average molecular weight is 457 g/mol. The highest BCUT2D eigenvalue weighted by atomic mass is 16.6. The molecule has 1 saturated carbocycles. The minimum Gasteiger partial charge on any atom is -0.444 e. The van der Waals surface area contributed by atoms with Crippen LogP contribution in [0.5, 0.6) is 0 Å². The lowest BCUT2D eigenvalue weighted by Gasteiger charge is -2.29. The first-order chi connectivity index (χ1) is 14.7. The maximum absolute atomic E-state index is 12.1. The fourth-order valence-corrected chi connectivity index (χ4v) is 3.17. The molecule has 0 aliphatic heterocycles. The van der Waals surface area contributed by atoms with Crippen LogP contribution in [0.25, 0.3) is 0 Å². The first kappa shape index (κ1) is 27.5. The molecule has 0 saturated heterocycles. The number of alkyl carbamates (subject to hydrolysis) is 2. The van der Waals surface area contributed by atoms with Gasteiger partial charge in [-0.1, -0.05) is 0 Å². The van der Waals surface area contributed by atoms with Crippen molar-refractivity contribution in [2.45, 2.75) is 103 Å². The van der Waals surface area contributed by atoms with Crippen LogP contribution in [0.3, 0.4) is 0 Å². The van der Waals surface area contributed by atoms with Crippen LogP contribution in [0, 0.1) is 0 Å². The SMILES string of the molecule is CC(C)(C)OC(=O)NCCC(=O)N[C@H]1CC[C@H](NC(=O)CCNC(=O)OC(C)(C)C)CC1. The second-order valence-corrected chi connectivity index (χ2v) is 10.0. The highest BCUT2D eigenvalue weighted by molar-refractivity contribution is 5.78. The molecule has 1 fully saturated rings. The van der Waals surface area contributed by atoms with Crippen molar-refractivity contribution < 1.29 is 28.7 Å². The molecule has 4 N–H and O–H groups in total. The van der Waals surface area contributed by atoms with Gasteiger partial charge in [0.15, 0.2) is 0 Å². The predicted octanol–water partition coefficient (Wildman–Crippen LogP) is 2.36. The number of ether oxygens (including phenoxy) is 2. The normalized spacial score (nSPS) is 18.8. The molecule has 10 nitrogen and oxygen atoms in total. The third-order valence-electron chi connectivity index (χ3n) is 4.50. The molecule has 1 aliphatic rings. The monoisotopic (exact) mass is 456 g/mol. The standard InChI is InChI=1S/C22H40N4O6/c1-21(2,3)31-19(29)23-13-11-17(27)25-15-7-9-16(10-8-15)26-18(28)12-14-24-20(30)32-22(4,5)6/h15-16H,7-14H2,1-6H3,(H,23,29)(H,24,30)(H,25,27)(H,26,28)/t15-,16-. The van der Waals surface area contributed by atoms with E-state index in [1.807, 2.05) is 0 Å². The fourth-order valence-electron chi connectivity index (χ4n) is 3.17. The minimum absolute atomic E-state index is 0.0611. The molecule has 0 atom stereocenters. The van der Waals surface area contributed by atoms with E-state index in [-0.39, 0.29) is 49.8 Å². The molecule has 32 heavy (non-hydrogen) atoms. The Kier molecular flexibility index (Phi) is 10.7. The number of rotatable bonds is 8. The topological polar surface area (TPSA) is 135 Å². The van der Waals surface area contributed by atoms with E-state index in [4.69, 9.17) is 9.47 Å². The fraction of sp³-hybridized carbons (Fsp3) is 0.818. The Morgan fingerprint density at radius 1 is 0.656 bits per heavy atom. The maximum atomic E-state index is 12.1. The second-order valence-electron chi connectivity index (χ2n) is 10.0. The zero-order valence-corrected chi connectivity index (χ0v) is 20.3. The average Bonchev–Trinajstić information content (AvgIpc) is 2.60. The molecule has 10 heteroatoms. The van der Waals surface area contributed by atoms with Crippen molar-refractivity contribution in [1.82, 2.24) is 21.3 Å². The van der Waals surface area contributed by atoms with E-state index >= 15 is 0 Å². The van der Waals surface area contributed by atoms with Gasteiger partial charge in [0.25, 0.3) is 0 Å². The summed E-state index contributed by atoms with van der Waals surface area (Å²) in [5, 5.41) is 11.1. The van der Waals surface area contributed by atoms with Gasteiger partial charge in [0.1, 0.15) is 11.2 Å². The minimum atomic E-state index is -0.574. The number of carbonyl (C=O) groups is 4. The van der Waals surface area contributed by atoms with Crippen LogP contribution in [0.15, 0.2) is 0 Å². The molecule has 1 rings (SSSR count). The Morgan fingerprint density at radius 3 is 1.25 bits per heavy atom. The number of hydrogen-bond acceptors (Lipinski definition) is 6. The molecule has 0 radical (unpaired) electrons. The van der Waals surface area contributed by atoms with Crippen LogP contribution in [0.4, 0.5) is 9.59 Å². The predicted molar refractivity (Wildman–Crippen MR) is 120 cm³/mol. The lowest BCUT2D eigenvalue weighted by atomic mass is 9.91. The first-order valence-electron chi connectivity index (χ1n) is 11.3. The van der Waals surface area contributed by atoms with E-state index in [1.54, 1.807) is 41.5 Å². The van der Waals surface area contributed by atoms with Gasteiger partial charge in [-0.05, 0) is 67.2 Å². The lowest BCUT2D eigenvalue weighted by Crippen LogP contribution is -2.45. The smallest absolute Gasteiger partial charge is 0.407 e. The van der Waals surface area contributed by atoms with Gasteiger partial charge in [0.05, 0.1) is 0 Å². The number of amides is 4. The third-order valence-corrected chi connectivity index (χ3v) is 4.50. The van der Waals surface area contributed by atoms with Crippen LogP contribution in [-0.4, -0.2) is 60.4 Å². The van der Waals surface area contributed by atoms with Crippen molar-refractivity contribution >= 4 is 24.0 Å². The van der Waals surface area contributed by atoms with Crippen molar-refractivity contribution in [3.05, 3.63) is 0 Å². The zero-order chi connectivity index (χ0) is 24.4. The van der Waals surface area contributed by atoms with Crippen LogP contribution in [0.1, 0.15) is 80.1 Å². The summed E-state index contributed by atoms with van der Waals surface area (Å²) in [5.74, 6) is -0.247. The Morgan fingerprint density at radius 2 is 0.969 bits per heavy atom. The molecular weight excluding hydrogens is 416 g/mol. The number of nitrogens with one attached hydrogen (secondary N) is 4. The maximum Gasteiger partial charge on any atom is 0.407 e. The van der Waals surface area contributed by atoms with Crippen molar-refractivity contribution in [3.8, 4) is 0 Å². The van der Waals surface area contributed by atoms with Gasteiger partial charge in [-0.25, -0.2) is 9.59 Å². The molecule has 0 heterocycles. The van der Waals surface area contributed by atoms with Crippen LogP contribution < -0.4 is 21.3 Å². The van der Waals surface area contributed by atoms with E-state index in [2.05, 4.69) is 21.3 Å². The molecule has 0 aromatic heterocycles. The highest BCUT2D eigenvalue weighted by Crippen LogP contribution is 2.19. The Labute approximate surface area is 190 Å². The highest BCUT2D eigenvalue weighted by Gasteiger charge is 2.24. The van der Waals surface area contributed by atoms with Crippen molar-refractivity contribution in [1.29, 1.82) is 0 Å². The summed E-state index contributed by atoms with van der Waals surface area (Å²) < 4.78 is 10.3. The lowest BCUT2D eigenvalue weighted by molar-refractivity contribution is -0.123. The van der Waals surface area contributed by atoms with Crippen molar-refractivity contribution in [2.75, 3.05) is 13.1 Å². The van der Waals surface area contributed by atoms with Gasteiger partial charge in [-0.3, -0.25) is 9.59 Å². The number of carbonyl (C=O) groups excluding carboxylic acids is 4. The Hall–Kier alpha value is -2.52. The summed E-state index contributed by atoms with van der Waals surface area (Å²) in [6.07, 6.45) is 2.36. The summed E-state index contributed by atoms with van der Waals surface area (Å²) >= 11 is 0. The van der Waals surface area contributed by atoms with Gasteiger partial charge < -0.3 is 30.7 Å². The van der Waals surface area contributed by atoms with E-state index in [0.29, 0.717) is 0 Å². The van der Waals surface area contributed by atoms with Gasteiger partial charge in [0.2, 0.25) is 11.8 Å². The second kappa shape index (κ2) is 12.5. The van der Waals surface area contributed by atoms with Crippen LogP contribution in [-0.2, 0) is 19.1 Å². The summed E-state index contributed by atoms with van der Waals surface area (Å²) in [5.41, 5.74) is -1.15. The van der Waals surface area contributed by atoms with E-state index in [1.165, 1.54) is 0 Å². The first-order valence-corrected chi connectivity index (χ1v) is 11.3. The quantitative estimate of drug-likeness (QED) is 0.443. The van der Waals surface area contributed by atoms with Crippen LogP contribution in [0.2, 0.25) is 0 Å². The molecule has 184 valence electrons. The van der Waals surface area contributed by atoms with Crippen molar-refractivity contribution in [2.24, 2.45) is 0 Å². The molecule has 1 aliphatic carbocycles. The molecule has 0 unspecified atom stereocenters. The molecule has 0 bridgehead atoms. The van der Waals surface area contributed by atoms with Crippen molar-refractivity contribution in [3.63, 3.8) is 0 Å². The Bertz CT molecular complexity index is 590. The van der Waals surface area contributed by atoms with E-state index in [9.17, 15) is 19.2 Å². The van der Waals surface area contributed by atoms with Gasteiger partial charge in [0, 0.05) is 38.0 Å². The zero-order valence-electron chi connectivity index (χ0n) is 20.3. The molecule has 0 aromatic carbocycles. The summed E-state index contributed by atoms with van der Waals surface area (Å²) in [7, 11) is 0. The summed E-state index contributed by atoms with van der Waals surface area (Å²) in [6, 6.07) is 0.122. The van der Waals surface area contributed by atoms with Gasteiger partial charge in [-0.15, -0.1) is 0 Å². The Balaban J connectivity index is 2.16. The molecule has 0 aromatic rings. The number of hydrogen-bond donors (Lipinski definition) is 4. The largest absolute Gasteiger partial charge is 0.444 e. The summed E-state index contributed by atoms with van der Waals surface area (Å²) in [4.78, 5) is 47.3. The molecular formula is C22H40N4O6. The van der Waals surface area contributed by atoms with Crippen LogP contribution >= 0.6 is 0 Å². The van der Waals surface area contributed by atoms with Gasteiger partial charge in [-0.2, -0.15) is 0 Å². The molecule has 4 amide bonds. The van der Waals surface area contributed by atoms with E-state index in [0.717, 1.165) is 25.7 Å². The van der Waals surface area contributed by atoms with Gasteiger partial charge >= 0.3 is 12.2 Å². The molecule has 0 spiro atoms. The van der Waals surface area contributed by atoms with E-state index < -0.39 is 23.4 Å². The third kappa shape index (κ3) is 13.7.